The lowest BCUT2D eigenvalue weighted by Gasteiger charge is -2.30. The van der Waals surface area contributed by atoms with Crippen LogP contribution in [0.2, 0.25) is 0 Å². The monoisotopic (exact) mass is 358 g/mol. The fraction of sp³-hybridized carbons (Fsp3) is 0.526. The van der Waals surface area contributed by atoms with E-state index in [-0.39, 0.29) is 11.9 Å². The van der Waals surface area contributed by atoms with Gasteiger partial charge in [-0.25, -0.2) is 0 Å². The van der Waals surface area contributed by atoms with E-state index in [2.05, 4.69) is 10.3 Å². The highest BCUT2D eigenvalue weighted by Gasteiger charge is 2.24. The summed E-state index contributed by atoms with van der Waals surface area (Å²) in [6.45, 7) is 2.61. The molecule has 1 atom stereocenters. The maximum atomic E-state index is 12.7. The van der Waals surface area contributed by atoms with Gasteiger partial charge in [0.05, 0.1) is 11.0 Å². The summed E-state index contributed by atoms with van der Waals surface area (Å²) in [6, 6.07) is 4.95. The van der Waals surface area contributed by atoms with Gasteiger partial charge >= 0.3 is 11.1 Å². The normalized spacial score (nSPS) is 16.5. The number of carbonyl (C=O) groups excluding carboxylic acids is 1. The van der Waals surface area contributed by atoms with Crippen molar-refractivity contribution in [2.24, 2.45) is 11.7 Å². The molecular formula is C19H26N4O3. The van der Waals surface area contributed by atoms with Crippen molar-refractivity contribution in [1.29, 1.82) is 0 Å². The lowest BCUT2D eigenvalue weighted by molar-refractivity contribution is 0.0915. The first-order valence-electron chi connectivity index (χ1n) is 9.33. The topological polar surface area (TPSA) is 110 Å². The molecule has 0 saturated heterocycles. The van der Waals surface area contributed by atoms with E-state index in [0.29, 0.717) is 35.6 Å². The summed E-state index contributed by atoms with van der Waals surface area (Å²) in [5.41, 5.74) is 6.16. The summed E-state index contributed by atoms with van der Waals surface area (Å²) in [5, 5.41) is 3.05. The number of aromatic amines is 1. The largest absolute Gasteiger partial charge is 0.348 e. The van der Waals surface area contributed by atoms with Gasteiger partial charge < -0.3 is 20.6 Å². The molecule has 2 aromatic rings. The molecule has 1 saturated carbocycles. The van der Waals surface area contributed by atoms with Crippen LogP contribution in [0.15, 0.2) is 27.8 Å². The molecule has 0 bridgehead atoms. The number of aryl methyl sites for hydroxylation is 1. The predicted octanol–water partition coefficient (Wildman–Crippen LogP) is 1.35. The number of H-pyrrole nitrogens is 1. The second kappa shape index (κ2) is 7.86. The summed E-state index contributed by atoms with van der Waals surface area (Å²) in [6.07, 6.45) is 5.80. The van der Waals surface area contributed by atoms with E-state index in [1.165, 1.54) is 23.8 Å². The number of hydrogen-bond acceptors (Lipinski definition) is 4. The van der Waals surface area contributed by atoms with Crippen molar-refractivity contribution in [2.45, 2.75) is 51.6 Å². The zero-order chi connectivity index (χ0) is 18.7. The maximum absolute atomic E-state index is 12.7. The predicted molar refractivity (Wildman–Crippen MR) is 101 cm³/mol. The molecule has 140 valence electrons. The molecule has 1 unspecified atom stereocenters. The first-order chi connectivity index (χ1) is 12.5. The average Bonchev–Trinajstić information content (AvgIpc) is 2.67. The molecule has 0 aliphatic heterocycles. The minimum atomic E-state index is -0.682. The molecule has 0 spiro atoms. The lowest BCUT2D eigenvalue weighted by atomic mass is 9.84. The number of nitrogens with zero attached hydrogens (tertiary/aromatic N) is 1. The van der Waals surface area contributed by atoms with Crippen LogP contribution in [0.25, 0.3) is 11.0 Å². The fourth-order valence-electron chi connectivity index (χ4n) is 3.89. The molecule has 1 aromatic carbocycles. The van der Waals surface area contributed by atoms with Crippen molar-refractivity contribution >= 4 is 16.9 Å². The molecule has 1 aliphatic carbocycles. The van der Waals surface area contributed by atoms with Gasteiger partial charge in [0.1, 0.15) is 0 Å². The van der Waals surface area contributed by atoms with Crippen molar-refractivity contribution < 1.29 is 4.79 Å². The number of carbonyl (C=O) groups is 1. The molecule has 0 radical (unpaired) electrons. The molecule has 1 aromatic heterocycles. The van der Waals surface area contributed by atoms with Crippen molar-refractivity contribution in [3.8, 4) is 0 Å². The molecule has 7 nitrogen and oxygen atoms in total. The van der Waals surface area contributed by atoms with Crippen LogP contribution in [0.1, 0.15) is 49.4 Å². The van der Waals surface area contributed by atoms with E-state index in [0.717, 1.165) is 12.8 Å². The number of hydrogen-bond donors (Lipinski definition) is 3. The van der Waals surface area contributed by atoms with E-state index in [1.54, 1.807) is 25.1 Å². The Morgan fingerprint density at radius 3 is 2.69 bits per heavy atom. The molecule has 1 amide bonds. The Labute approximate surface area is 151 Å². The molecule has 1 aliphatic rings. The fourth-order valence-corrected chi connectivity index (χ4v) is 3.89. The van der Waals surface area contributed by atoms with Gasteiger partial charge in [0.25, 0.3) is 5.91 Å². The van der Waals surface area contributed by atoms with Crippen LogP contribution in [-0.2, 0) is 6.54 Å². The summed E-state index contributed by atoms with van der Waals surface area (Å²) in [5.74, 6) is 0.214. The molecule has 1 heterocycles. The standard InChI is InChI=1S/C19H26N4O3/c1-2-23-16-9-8-13(10-14(16)21-18(25)19(23)26)17(24)22-15(11-20)12-6-4-3-5-7-12/h8-10,12,15H,2-7,11,20H2,1H3,(H,21,25)(H,22,24). The Morgan fingerprint density at radius 2 is 2.04 bits per heavy atom. The molecule has 7 heteroatoms. The van der Waals surface area contributed by atoms with Gasteiger partial charge in [-0.1, -0.05) is 19.3 Å². The van der Waals surface area contributed by atoms with Gasteiger partial charge in [-0.15, -0.1) is 0 Å². The summed E-state index contributed by atoms with van der Waals surface area (Å²) in [7, 11) is 0. The Kier molecular flexibility index (Phi) is 5.56. The highest BCUT2D eigenvalue weighted by Crippen LogP contribution is 2.26. The first-order valence-corrected chi connectivity index (χ1v) is 9.33. The van der Waals surface area contributed by atoms with Crippen molar-refractivity contribution in [2.75, 3.05) is 6.54 Å². The lowest BCUT2D eigenvalue weighted by Crippen LogP contribution is -2.46. The van der Waals surface area contributed by atoms with E-state index >= 15 is 0 Å². The second-order valence-electron chi connectivity index (χ2n) is 6.95. The van der Waals surface area contributed by atoms with Gasteiger partial charge in [0.15, 0.2) is 0 Å². The minimum Gasteiger partial charge on any atom is -0.348 e. The van der Waals surface area contributed by atoms with Crippen LogP contribution >= 0.6 is 0 Å². The van der Waals surface area contributed by atoms with Crippen LogP contribution in [0, 0.1) is 5.92 Å². The summed E-state index contributed by atoms with van der Waals surface area (Å²) < 4.78 is 1.40. The number of benzene rings is 1. The van der Waals surface area contributed by atoms with Crippen LogP contribution in [0.4, 0.5) is 0 Å². The smallest absolute Gasteiger partial charge is 0.316 e. The first kappa shape index (κ1) is 18.4. The molecule has 1 fully saturated rings. The maximum Gasteiger partial charge on any atom is 0.316 e. The number of aromatic nitrogens is 2. The highest BCUT2D eigenvalue weighted by molar-refractivity contribution is 5.97. The molecule has 4 N–H and O–H groups in total. The Hall–Kier alpha value is -2.41. The third-order valence-electron chi connectivity index (χ3n) is 5.34. The SMILES string of the molecule is CCn1c(=O)c(=O)[nH]c2cc(C(=O)NC(CN)C3CCCCC3)ccc21. The number of rotatable bonds is 5. The number of amides is 1. The van der Waals surface area contributed by atoms with Gasteiger partial charge in [-0.05, 0) is 43.9 Å². The van der Waals surface area contributed by atoms with E-state index in [1.807, 2.05) is 0 Å². The Balaban J connectivity index is 1.87. The van der Waals surface area contributed by atoms with Crippen molar-refractivity contribution in [3.63, 3.8) is 0 Å². The van der Waals surface area contributed by atoms with Gasteiger partial charge in [-0.2, -0.15) is 0 Å². The quantitative estimate of drug-likeness (QED) is 0.701. The highest BCUT2D eigenvalue weighted by atomic mass is 16.2. The van der Waals surface area contributed by atoms with Gasteiger partial charge in [-0.3, -0.25) is 14.4 Å². The Morgan fingerprint density at radius 1 is 1.31 bits per heavy atom. The number of nitrogens with one attached hydrogen (secondary N) is 2. The molecule has 26 heavy (non-hydrogen) atoms. The molecule has 3 rings (SSSR count). The zero-order valence-corrected chi connectivity index (χ0v) is 15.1. The van der Waals surface area contributed by atoms with Crippen molar-refractivity contribution in [3.05, 3.63) is 44.5 Å². The summed E-state index contributed by atoms with van der Waals surface area (Å²) >= 11 is 0. The number of fused-ring (bicyclic) bond motifs is 1. The second-order valence-corrected chi connectivity index (χ2v) is 6.95. The summed E-state index contributed by atoms with van der Waals surface area (Å²) in [4.78, 5) is 39.0. The number of nitrogens with two attached hydrogens (primary N) is 1. The van der Waals surface area contributed by atoms with Crippen molar-refractivity contribution in [1.82, 2.24) is 14.9 Å². The van der Waals surface area contributed by atoms with E-state index in [9.17, 15) is 14.4 Å². The Bertz CT molecular complexity index is 909. The third kappa shape index (κ3) is 3.58. The van der Waals surface area contributed by atoms with Crippen LogP contribution in [-0.4, -0.2) is 28.0 Å². The molecular weight excluding hydrogens is 332 g/mol. The average molecular weight is 358 g/mol. The minimum absolute atomic E-state index is 0.0397. The van der Waals surface area contributed by atoms with E-state index in [4.69, 9.17) is 5.73 Å². The van der Waals surface area contributed by atoms with Crippen LogP contribution in [0.5, 0.6) is 0 Å². The van der Waals surface area contributed by atoms with Gasteiger partial charge in [0.2, 0.25) is 0 Å². The van der Waals surface area contributed by atoms with Crippen LogP contribution in [0.3, 0.4) is 0 Å². The van der Waals surface area contributed by atoms with Crippen LogP contribution < -0.4 is 22.2 Å². The van der Waals surface area contributed by atoms with Gasteiger partial charge in [0, 0.05) is 24.7 Å². The third-order valence-corrected chi connectivity index (χ3v) is 5.34. The van der Waals surface area contributed by atoms with E-state index < -0.39 is 11.1 Å². The zero-order valence-electron chi connectivity index (χ0n) is 15.1.